The Kier molecular flexibility index (Phi) is 3.90. The van der Waals surface area contributed by atoms with Gasteiger partial charge in [0.05, 0.1) is 5.52 Å². The van der Waals surface area contributed by atoms with Crippen molar-refractivity contribution in [3.63, 3.8) is 0 Å². The second kappa shape index (κ2) is 5.63. The topological polar surface area (TPSA) is 121 Å². The number of nitrogens with two attached hydrogens (primary N) is 1. The van der Waals surface area contributed by atoms with Gasteiger partial charge in [0.25, 0.3) is 0 Å². The van der Waals surface area contributed by atoms with Crippen molar-refractivity contribution in [3.05, 3.63) is 23.9 Å². The predicted octanol–water partition coefficient (Wildman–Crippen LogP) is 1.05. The third-order valence-corrected chi connectivity index (χ3v) is 2.52. The molecular formula is C13H12N2O6. The Morgan fingerprint density at radius 2 is 1.57 bits per heavy atom. The van der Waals surface area contributed by atoms with Crippen LogP contribution < -0.4 is 15.4 Å². The number of fused-ring (bicyclic) bond motifs is 1. The van der Waals surface area contributed by atoms with Gasteiger partial charge in [-0.1, -0.05) is 0 Å². The van der Waals surface area contributed by atoms with Crippen LogP contribution in [0.5, 0.6) is 11.5 Å². The third kappa shape index (κ3) is 3.18. The molecule has 110 valence electrons. The molecule has 8 nitrogen and oxygen atoms in total. The summed E-state index contributed by atoms with van der Waals surface area (Å²) in [7, 11) is 0. The lowest BCUT2D eigenvalue weighted by molar-refractivity contribution is -0.134. The molecule has 2 rings (SSSR count). The molecule has 0 spiro atoms. The molecule has 21 heavy (non-hydrogen) atoms. The molecule has 1 aromatic heterocycles. The number of hydrogen-bond donors (Lipinski definition) is 2. The molecule has 0 aliphatic heterocycles. The highest BCUT2D eigenvalue weighted by atomic mass is 16.7. The van der Waals surface area contributed by atoms with Crippen LogP contribution in [-0.4, -0.2) is 22.9 Å². The predicted molar refractivity (Wildman–Crippen MR) is 70.5 cm³/mol. The summed E-state index contributed by atoms with van der Waals surface area (Å²) >= 11 is 0. The molecule has 0 aliphatic carbocycles. The number of rotatable bonds is 3. The maximum atomic E-state index is 11.4. The lowest BCUT2D eigenvalue weighted by Gasteiger charge is -2.08. The number of nitrogens with one attached hydrogen (secondary N) is 1. The SMILES string of the molecule is CC(=O)Oc1cc2cc(C(=O)ON)[nH]c2cc1OC(C)=O. The standard InChI is InChI=1S/C13H12N2O6/c1-6(16)19-11-4-8-3-10(13(18)21-14)15-9(8)5-12(11)20-7(2)17/h3-5,15H,14H2,1-2H3. The number of aromatic amines is 1. The minimum atomic E-state index is -0.755. The van der Waals surface area contributed by atoms with Crippen LogP contribution in [0, 0.1) is 0 Å². The minimum absolute atomic E-state index is 0.0553. The van der Waals surface area contributed by atoms with Crippen LogP contribution in [0.1, 0.15) is 24.3 Å². The van der Waals surface area contributed by atoms with Crippen molar-refractivity contribution >= 4 is 28.8 Å². The van der Waals surface area contributed by atoms with Gasteiger partial charge in [0, 0.05) is 25.3 Å². The number of aromatic nitrogens is 1. The van der Waals surface area contributed by atoms with E-state index in [0.29, 0.717) is 10.9 Å². The first-order chi connectivity index (χ1) is 9.90. The molecule has 0 saturated heterocycles. The molecule has 1 aromatic carbocycles. The monoisotopic (exact) mass is 292 g/mol. The van der Waals surface area contributed by atoms with Gasteiger partial charge in [-0.25, -0.2) is 4.79 Å². The highest BCUT2D eigenvalue weighted by Crippen LogP contribution is 2.33. The van der Waals surface area contributed by atoms with E-state index in [4.69, 9.17) is 15.4 Å². The number of carbonyl (C=O) groups excluding carboxylic acids is 3. The summed E-state index contributed by atoms with van der Waals surface area (Å²) in [5.41, 5.74) is 0.601. The minimum Gasteiger partial charge on any atom is -0.423 e. The average molecular weight is 292 g/mol. The quantitative estimate of drug-likeness (QED) is 0.492. The lowest BCUT2D eigenvalue weighted by atomic mass is 10.2. The fraction of sp³-hybridized carbons (Fsp3) is 0.154. The zero-order valence-electron chi connectivity index (χ0n) is 11.3. The van der Waals surface area contributed by atoms with Gasteiger partial charge in [-0.3, -0.25) is 9.59 Å². The van der Waals surface area contributed by atoms with Crippen LogP contribution in [0.2, 0.25) is 0 Å². The van der Waals surface area contributed by atoms with Crippen LogP contribution in [0.3, 0.4) is 0 Å². The van der Waals surface area contributed by atoms with Crippen molar-refractivity contribution in [2.75, 3.05) is 0 Å². The largest absolute Gasteiger partial charge is 0.423 e. The van der Waals surface area contributed by atoms with Gasteiger partial charge in [0.2, 0.25) is 0 Å². The van der Waals surface area contributed by atoms with Crippen molar-refractivity contribution in [2.24, 2.45) is 5.90 Å². The van der Waals surface area contributed by atoms with E-state index in [1.165, 1.54) is 32.0 Å². The summed E-state index contributed by atoms with van der Waals surface area (Å²) in [5, 5.41) is 0.558. The molecule has 8 heteroatoms. The number of esters is 2. The molecule has 0 fully saturated rings. The average Bonchev–Trinajstić information content (AvgIpc) is 2.79. The smallest absolute Gasteiger partial charge is 0.373 e. The van der Waals surface area contributed by atoms with Gasteiger partial charge in [-0.15, -0.1) is 0 Å². The number of H-pyrrole nitrogens is 1. The fourth-order valence-corrected chi connectivity index (χ4v) is 1.78. The first kappa shape index (κ1) is 14.5. The first-order valence-corrected chi connectivity index (χ1v) is 5.85. The molecule has 3 N–H and O–H groups in total. The maximum Gasteiger partial charge on any atom is 0.373 e. The summed E-state index contributed by atoms with van der Waals surface area (Å²) in [6.45, 7) is 2.43. The summed E-state index contributed by atoms with van der Waals surface area (Å²) in [6, 6.07) is 4.36. The molecule has 0 saturated carbocycles. The van der Waals surface area contributed by atoms with Gasteiger partial charge in [-0.2, -0.15) is 5.90 Å². The Labute approximate surface area is 118 Å². The Morgan fingerprint density at radius 1 is 1.00 bits per heavy atom. The van der Waals surface area contributed by atoms with E-state index in [-0.39, 0.29) is 17.2 Å². The van der Waals surface area contributed by atoms with Crippen LogP contribution in [0.25, 0.3) is 10.9 Å². The van der Waals surface area contributed by atoms with Gasteiger partial charge < -0.3 is 19.3 Å². The van der Waals surface area contributed by atoms with Crippen molar-refractivity contribution in [2.45, 2.75) is 13.8 Å². The Hall–Kier alpha value is -2.87. The molecule has 0 atom stereocenters. The summed E-state index contributed by atoms with van der Waals surface area (Å²) in [4.78, 5) is 40.4. The molecule has 0 amide bonds. The molecule has 0 radical (unpaired) electrons. The van der Waals surface area contributed by atoms with Crippen molar-refractivity contribution < 1.29 is 28.7 Å². The van der Waals surface area contributed by atoms with E-state index in [2.05, 4.69) is 9.82 Å². The maximum absolute atomic E-state index is 11.4. The van der Waals surface area contributed by atoms with E-state index < -0.39 is 17.9 Å². The number of hydrogen-bond acceptors (Lipinski definition) is 7. The van der Waals surface area contributed by atoms with Gasteiger partial charge in [-0.05, 0) is 12.1 Å². The Balaban J connectivity index is 2.54. The van der Waals surface area contributed by atoms with E-state index in [1.807, 2.05) is 0 Å². The second-order valence-corrected chi connectivity index (χ2v) is 4.16. The zero-order chi connectivity index (χ0) is 15.6. The number of ether oxygens (including phenoxy) is 2. The summed E-state index contributed by atoms with van der Waals surface area (Å²) < 4.78 is 9.95. The highest BCUT2D eigenvalue weighted by molar-refractivity contribution is 5.96. The molecule has 1 heterocycles. The van der Waals surface area contributed by atoms with Gasteiger partial charge in [0.15, 0.2) is 11.5 Å². The Bertz CT molecular complexity index is 681. The van der Waals surface area contributed by atoms with E-state index in [0.717, 1.165) is 0 Å². The van der Waals surface area contributed by atoms with Gasteiger partial charge in [0.1, 0.15) is 5.69 Å². The first-order valence-electron chi connectivity index (χ1n) is 5.85. The number of carbonyl (C=O) groups is 3. The summed E-state index contributed by atoms with van der Waals surface area (Å²) in [5.74, 6) is 3.03. The van der Waals surface area contributed by atoms with Crippen molar-refractivity contribution in [1.29, 1.82) is 0 Å². The molecule has 0 bridgehead atoms. The third-order valence-electron chi connectivity index (χ3n) is 2.52. The molecule has 2 aromatic rings. The van der Waals surface area contributed by atoms with Crippen LogP contribution >= 0.6 is 0 Å². The highest BCUT2D eigenvalue weighted by Gasteiger charge is 2.16. The van der Waals surface area contributed by atoms with Crippen LogP contribution in [0.15, 0.2) is 18.2 Å². The van der Waals surface area contributed by atoms with Crippen molar-refractivity contribution in [1.82, 2.24) is 4.98 Å². The molecular weight excluding hydrogens is 280 g/mol. The van der Waals surface area contributed by atoms with E-state index in [1.54, 1.807) is 0 Å². The van der Waals surface area contributed by atoms with E-state index >= 15 is 0 Å². The number of benzene rings is 1. The zero-order valence-corrected chi connectivity index (χ0v) is 11.3. The van der Waals surface area contributed by atoms with Crippen LogP contribution in [0.4, 0.5) is 0 Å². The Morgan fingerprint density at radius 3 is 2.10 bits per heavy atom. The van der Waals surface area contributed by atoms with Crippen LogP contribution in [-0.2, 0) is 14.4 Å². The normalized spacial score (nSPS) is 10.2. The van der Waals surface area contributed by atoms with Crippen molar-refractivity contribution in [3.8, 4) is 11.5 Å². The fourth-order valence-electron chi connectivity index (χ4n) is 1.78. The van der Waals surface area contributed by atoms with Gasteiger partial charge >= 0.3 is 17.9 Å². The molecule has 0 aliphatic rings. The van der Waals surface area contributed by atoms with E-state index in [9.17, 15) is 14.4 Å². The lowest BCUT2D eigenvalue weighted by Crippen LogP contribution is -2.10. The summed E-state index contributed by atoms with van der Waals surface area (Å²) in [6.07, 6.45) is 0. The second-order valence-electron chi connectivity index (χ2n) is 4.16. The molecule has 0 unspecified atom stereocenters.